The van der Waals surface area contributed by atoms with E-state index in [1.165, 1.54) is 0 Å². The van der Waals surface area contributed by atoms with E-state index < -0.39 is 0 Å². The molecule has 1 amide bonds. The number of aromatic nitrogens is 2. The molecule has 0 saturated carbocycles. The van der Waals surface area contributed by atoms with E-state index >= 15 is 0 Å². The van der Waals surface area contributed by atoms with E-state index in [1.807, 2.05) is 42.5 Å². The summed E-state index contributed by atoms with van der Waals surface area (Å²) in [4.78, 5) is 18.9. The molecule has 7 nitrogen and oxygen atoms in total. The molecule has 144 valence electrons. The number of nitrogens with one attached hydrogen (secondary N) is 1. The molecular formula is C21H22N4O3. The first-order chi connectivity index (χ1) is 13.8. The normalized spacial score (nSPS) is 14.1. The quantitative estimate of drug-likeness (QED) is 0.710. The minimum atomic E-state index is -0.0684. The van der Waals surface area contributed by atoms with Gasteiger partial charge in [-0.15, -0.1) is 0 Å². The predicted octanol–water partition coefficient (Wildman–Crippen LogP) is 3.14. The zero-order chi connectivity index (χ0) is 19.2. The molecule has 1 N–H and O–H groups in total. The summed E-state index contributed by atoms with van der Waals surface area (Å²) in [5.74, 6) is 1.55. The lowest BCUT2D eigenvalue weighted by Gasteiger charge is -2.27. The minimum absolute atomic E-state index is 0.0684. The Morgan fingerprint density at radius 1 is 1.07 bits per heavy atom. The molecule has 1 saturated heterocycles. The molecule has 28 heavy (non-hydrogen) atoms. The van der Waals surface area contributed by atoms with Crippen LogP contribution in [0.1, 0.15) is 12.0 Å². The summed E-state index contributed by atoms with van der Waals surface area (Å²) in [6.45, 7) is 3.10. The Morgan fingerprint density at radius 2 is 1.89 bits per heavy atom. The van der Waals surface area contributed by atoms with Gasteiger partial charge in [0.05, 0.1) is 31.3 Å². The fourth-order valence-corrected chi connectivity index (χ4v) is 3.18. The number of carbonyl (C=O) groups is 1. The maximum Gasteiger partial charge on any atom is 0.224 e. The Labute approximate surface area is 163 Å². The van der Waals surface area contributed by atoms with Crippen molar-refractivity contribution in [2.45, 2.75) is 12.8 Å². The topological polar surface area (TPSA) is 80.5 Å². The van der Waals surface area contributed by atoms with Crippen LogP contribution >= 0.6 is 0 Å². The highest BCUT2D eigenvalue weighted by Crippen LogP contribution is 2.24. The van der Waals surface area contributed by atoms with E-state index in [2.05, 4.69) is 20.4 Å². The van der Waals surface area contributed by atoms with Crippen molar-refractivity contribution in [2.75, 3.05) is 36.5 Å². The molecule has 0 unspecified atom stereocenters. The van der Waals surface area contributed by atoms with Gasteiger partial charge in [0.2, 0.25) is 5.91 Å². The SMILES string of the molecule is O=C(CCc1cnoc1-c1ccccc1)Nc1ccc(N2CCOCC2)nc1. The third-order valence-electron chi connectivity index (χ3n) is 4.67. The van der Waals surface area contributed by atoms with Crippen LogP contribution in [0.25, 0.3) is 11.3 Å². The highest BCUT2D eigenvalue weighted by molar-refractivity contribution is 5.90. The van der Waals surface area contributed by atoms with Crippen LogP contribution in [-0.4, -0.2) is 42.4 Å². The van der Waals surface area contributed by atoms with E-state index in [9.17, 15) is 4.79 Å². The molecule has 1 fully saturated rings. The Hall–Kier alpha value is -3.19. The molecule has 1 aliphatic rings. The lowest BCUT2D eigenvalue weighted by atomic mass is 10.1. The Bertz CT molecular complexity index is 903. The van der Waals surface area contributed by atoms with Gasteiger partial charge in [0.25, 0.3) is 0 Å². The van der Waals surface area contributed by atoms with E-state index in [1.54, 1.807) is 12.4 Å². The van der Waals surface area contributed by atoms with E-state index in [-0.39, 0.29) is 5.91 Å². The van der Waals surface area contributed by atoms with Crippen molar-refractivity contribution in [1.29, 1.82) is 0 Å². The summed E-state index contributed by atoms with van der Waals surface area (Å²) in [5, 5.41) is 6.78. The molecule has 3 aromatic rings. The molecule has 3 heterocycles. The molecule has 2 aromatic heterocycles. The standard InChI is InChI=1S/C21H22N4O3/c26-20(9-6-17-14-23-28-21(17)16-4-2-1-3-5-16)24-18-7-8-19(22-15-18)25-10-12-27-13-11-25/h1-5,7-8,14-15H,6,9-13H2,(H,24,26). The number of carbonyl (C=O) groups excluding carboxylic acids is 1. The second-order valence-corrected chi connectivity index (χ2v) is 6.60. The zero-order valence-electron chi connectivity index (χ0n) is 15.5. The maximum absolute atomic E-state index is 12.3. The number of ether oxygens (including phenoxy) is 1. The molecule has 0 aliphatic carbocycles. The van der Waals surface area contributed by atoms with Crippen molar-refractivity contribution < 1.29 is 14.1 Å². The monoisotopic (exact) mass is 378 g/mol. The van der Waals surface area contributed by atoms with Crippen molar-refractivity contribution >= 4 is 17.4 Å². The summed E-state index contributed by atoms with van der Waals surface area (Å²) in [5.41, 5.74) is 2.57. The molecule has 0 radical (unpaired) electrons. The molecule has 1 aliphatic heterocycles. The lowest BCUT2D eigenvalue weighted by molar-refractivity contribution is -0.116. The molecular weight excluding hydrogens is 356 g/mol. The molecule has 4 rings (SSSR count). The second kappa shape index (κ2) is 8.67. The van der Waals surface area contributed by atoms with Crippen LogP contribution < -0.4 is 10.2 Å². The number of aryl methyl sites for hydroxylation is 1. The van der Waals surface area contributed by atoms with Crippen LogP contribution in [0.2, 0.25) is 0 Å². The first kappa shape index (κ1) is 18.2. The number of pyridine rings is 1. The number of amides is 1. The minimum Gasteiger partial charge on any atom is -0.378 e. The summed E-state index contributed by atoms with van der Waals surface area (Å²) in [6, 6.07) is 13.6. The van der Waals surface area contributed by atoms with Gasteiger partial charge in [0.1, 0.15) is 5.82 Å². The summed E-state index contributed by atoms with van der Waals surface area (Å²) in [6.07, 6.45) is 4.26. The van der Waals surface area contributed by atoms with Crippen molar-refractivity contribution in [3.8, 4) is 11.3 Å². The van der Waals surface area contributed by atoms with Gasteiger partial charge in [0.15, 0.2) is 5.76 Å². The average molecular weight is 378 g/mol. The van der Waals surface area contributed by atoms with Crippen molar-refractivity contribution in [3.05, 3.63) is 60.4 Å². The largest absolute Gasteiger partial charge is 0.378 e. The fraction of sp³-hybridized carbons (Fsp3) is 0.286. The predicted molar refractivity (Wildman–Crippen MR) is 106 cm³/mol. The van der Waals surface area contributed by atoms with Gasteiger partial charge in [-0.25, -0.2) is 4.98 Å². The van der Waals surface area contributed by atoms with Gasteiger partial charge in [-0.1, -0.05) is 35.5 Å². The number of morpholine rings is 1. The van der Waals surface area contributed by atoms with Crippen LogP contribution in [-0.2, 0) is 16.0 Å². The van der Waals surface area contributed by atoms with Crippen LogP contribution in [0.5, 0.6) is 0 Å². The number of rotatable bonds is 6. The van der Waals surface area contributed by atoms with Crippen molar-refractivity contribution in [3.63, 3.8) is 0 Å². The number of benzene rings is 1. The highest BCUT2D eigenvalue weighted by atomic mass is 16.5. The van der Waals surface area contributed by atoms with Crippen LogP contribution in [0, 0.1) is 0 Å². The summed E-state index contributed by atoms with van der Waals surface area (Å²) in [7, 11) is 0. The Morgan fingerprint density at radius 3 is 2.64 bits per heavy atom. The van der Waals surface area contributed by atoms with Crippen LogP contribution in [0.15, 0.2) is 59.4 Å². The van der Waals surface area contributed by atoms with E-state index in [0.717, 1.165) is 30.0 Å². The molecule has 1 aromatic carbocycles. The van der Waals surface area contributed by atoms with Gasteiger partial charge < -0.3 is 19.5 Å². The van der Waals surface area contributed by atoms with Gasteiger partial charge >= 0.3 is 0 Å². The van der Waals surface area contributed by atoms with E-state index in [4.69, 9.17) is 9.26 Å². The van der Waals surface area contributed by atoms with E-state index in [0.29, 0.717) is 37.5 Å². The number of anilines is 2. The lowest BCUT2D eigenvalue weighted by Crippen LogP contribution is -2.36. The van der Waals surface area contributed by atoms with Crippen molar-refractivity contribution in [2.24, 2.45) is 0 Å². The first-order valence-electron chi connectivity index (χ1n) is 9.37. The molecule has 0 atom stereocenters. The van der Waals surface area contributed by atoms with Crippen molar-refractivity contribution in [1.82, 2.24) is 10.1 Å². The van der Waals surface area contributed by atoms with Gasteiger partial charge in [0, 0.05) is 30.6 Å². The van der Waals surface area contributed by atoms with Crippen LogP contribution in [0.3, 0.4) is 0 Å². The number of hydrogen-bond donors (Lipinski definition) is 1. The number of hydrogen-bond acceptors (Lipinski definition) is 6. The second-order valence-electron chi connectivity index (χ2n) is 6.60. The Kier molecular flexibility index (Phi) is 5.63. The maximum atomic E-state index is 12.3. The van der Waals surface area contributed by atoms with Crippen LogP contribution in [0.4, 0.5) is 11.5 Å². The Balaban J connectivity index is 1.32. The highest BCUT2D eigenvalue weighted by Gasteiger charge is 2.14. The third kappa shape index (κ3) is 4.37. The molecule has 7 heteroatoms. The number of nitrogens with zero attached hydrogens (tertiary/aromatic N) is 3. The third-order valence-corrected chi connectivity index (χ3v) is 4.67. The van der Waals surface area contributed by atoms with Gasteiger partial charge in [-0.2, -0.15) is 0 Å². The summed E-state index contributed by atoms with van der Waals surface area (Å²) < 4.78 is 10.7. The van der Waals surface area contributed by atoms with Gasteiger partial charge in [-0.05, 0) is 18.6 Å². The smallest absolute Gasteiger partial charge is 0.224 e. The molecule has 0 spiro atoms. The molecule has 0 bridgehead atoms. The first-order valence-corrected chi connectivity index (χ1v) is 9.37. The summed E-state index contributed by atoms with van der Waals surface area (Å²) >= 11 is 0. The zero-order valence-corrected chi connectivity index (χ0v) is 15.5. The fourth-order valence-electron chi connectivity index (χ4n) is 3.18. The van der Waals surface area contributed by atoms with Gasteiger partial charge in [-0.3, -0.25) is 4.79 Å². The average Bonchev–Trinajstić information content (AvgIpc) is 3.23.